The molecule has 0 saturated carbocycles. The van der Waals surface area contributed by atoms with Crippen LogP contribution in [0.4, 0.5) is 5.13 Å². The van der Waals surface area contributed by atoms with Gasteiger partial charge in [0.1, 0.15) is 5.75 Å². The highest BCUT2D eigenvalue weighted by molar-refractivity contribution is 9.10. The highest BCUT2D eigenvalue weighted by Gasteiger charge is 2.08. The second-order valence-electron chi connectivity index (χ2n) is 4.74. The van der Waals surface area contributed by atoms with E-state index in [1.165, 1.54) is 11.3 Å². The number of hydrogen-bond donors (Lipinski definition) is 1. The monoisotopic (exact) mass is 427 g/mol. The Hall–Kier alpha value is -1.97. The van der Waals surface area contributed by atoms with Crippen molar-refractivity contribution in [2.45, 2.75) is 13.3 Å². The summed E-state index contributed by atoms with van der Waals surface area (Å²) in [5.41, 5.74) is 4.38. The molecule has 0 atom stereocenters. The van der Waals surface area contributed by atoms with Gasteiger partial charge < -0.3 is 14.2 Å². The van der Waals surface area contributed by atoms with Crippen molar-refractivity contribution in [3.05, 3.63) is 39.3 Å². The zero-order valence-electron chi connectivity index (χ0n) is 13.8. The Labute approximate surface area is 158 Å². The van der Waals surface area contributed by atoms with E-state index in [1.54, 1.807) is 25.6 Å². The molecule has 0 saturated heterocycles. The molecule has 1 N–H and O–H groups in total. The van der Waals surface area contributed by atoms with E-state index < -0.39 is 0 Å². The minimum absolute atomic E-state index is 0.158. The molecule has 0 unspecified atom stereocenters. The lowest BCUT2D eigenvalue weighted by atomic mass is 10.2. The Morgan fingerprint density at radius 3 is 3.04 bits per heavy atom. The number of rotatable bonds is 9. The maximum atomic E-state index is 11.4. The van der Waals surface area contributed by atoms with E-state index in [0.717, 1.165) is 10.0 Å². The predicted octanol–water partition coefficient (Wildman–Crippen LogP) is 3.44. The van der Waals surface area contributed by atoms with Crippen molar-refractivity contribution in [2.24, 2.45) is 5.10 Å². The third kappa shape index (κ3) is 6.45. The number of halogens is 1. The molecular weight excluding hydrogens is 410 g/mol. The van der Waals surface area contributed by atoms with Crippen LogP contribution < -0.4 is 10.2 Å². The summed E-state index contributed by atoms with van der Waals surface area (Å²) >= 11 is 4.81. The summed E-state index contributed by atoms with van der Waals surface area (Å²) in [7, 11) is 1.57. The number of nitrogens with zero attached hydrogens (tertiary/aromatic N) is 2. The minimum Gasteiger partial charge on any atom is -0.466 e. The van der Waals surface area contributed by atoms with Gasteiger partial charge in [-0.25, -0.2) is 4.98 Å². The third-order valence-corrected chi connectivity index (χ3v) is 4.26. The van der Waals surface area contributed by atoms with E-state index in [0.29, 0.717) is 23.2 Å². The zero-order valence-corrected chi connectivity index (χ0v) is 16.2. The second-order valence-corrected chi connectivity index (χ2v) is 6.45. The van der Waals surface area contributed by atoms with Crippen LogP contribution in [0.2, 0.25) is 0 Å². The Kier molecular flexibility index (Phi) is 7.83. The number of hydrogen-bond acceptors (Lipinski definition) is 8. The van der Waals surface area contributed by atoms with Crippen LogP contribution in [0.15, 0.2) is 33.2 Å². The van der Waals surface area contributed by atoms with Crippen molar-refractivity contribution in [1.82, 2.24) is 4.98 Å². The molecule has 2 rings (SSSR count). The van der Waals surface area contributed by atoms with E-state index >= 15 is 0 Å². The van der Waals surface area contributed by atoms with Crippen molar-refractivity contribution in [3.63, 3.8) is 0 Å². The Balaban J connectivity index is 1.89. The summed E-state index contributed by atoms with van der Waals surface area (Å²) in [5, 5.41) is 6.55. The van der Waals surface area contributed by atoms with Crippen molar-refractivity contribution < 1.29 is 19.0 Å². The lowest BCUT2D eigenvalue weighted by molar-refractivity contribution is -0.142. The highest BCUT2D eigenvalue weighted by atomic mass is 79.9. The number of aromatic nitrogens is 1. The number of esters is 1. The second kappa shape index (κ2) is 10.1. The van der Waals surface area contributed by atoms with E-state index in [2.05, 4.69) is 31.4 Å². The van der Waals surface area contributed by atoms with Crippen LogP contribution in [0.25, 0.3) is 0 Å². The molecular formula is C16H18BrN3O4S. The Bertz CT molecular complexity index is 736. The number of carbonyl (C=O) groups is 1. The standard InChI is InChI=1S/C16H18BrN3O4S/c1-3-23-15(21)7-12-9-25-16(19-12)20-18-8-11-4-5-14(13(17)6-11)24-10-22-2/h4-6,8-9H,3,7,10H2,1-2H3,(H,19,20). The molecule has 0 aliphatic rings. The molecule has 1 aromatic heterocycles. The first-order chi connectivity index (χ1) is 12.1. The molecule has 0 aliphatic carbocycles. The van der Waals surface area contributed by atoms with Crippen LogP contribution in [-0.4, -0.2) is 37.7 Å². The molecule has 0 spiro atoms. The summed E-state index contributed by atoms with van der Waals surface area (Å²) in [6, 6.07) is 5.57. The van der Waals surface area contributed by atoms with E-state index in [1.807, 2.05) is 18.2 Å². The third-order valence-electron chi connectivity index (χ3n) is 2.84. The van der Waals surface area contributed by atoms with E-state index in [-0.39, 0.29) is 19.2 Å². The first-order valence-electron chi connectivity index (χ1n) is 7.42. The van der Waals surface area contributed by atoms with Crippen LogP contribution in [0.1, 0.15) is 18.2 Å². The molecule has 0 fully saturated rings. The summed E-state index contributed by atoms with van der Waals surface area (Å²) in [6.45, 7) is 2.32. The summed E-state index contributed by atoms with van der Waals surface area (Å²) in [5.74, 6) is 0.402. The number of benzene rings is 1. The highest BCUT2D eigenvalue weighted by Crippen LogP contribution is 2.25. The van der Waals surface area contributed by atoms with Gasteiger partial charge in [-0.1, -0.05) is 0 Å². The topological polar surface area (TPSA) is 82.0 Å². The SMILES string of the molecule is CCOC(=O)Cc1csc(NN=Cc2ccc(OCOC)c(Br)c2)n1. The zero-order chi connectivity index (χ0) is 18.1. The fraction of sp³-hybridized carbons (Fsp3) is 0.312. The molecule has 0 radical (unpaired) electrons. The van der Waals surface area contributed by atoms with Gasteiger partial charge in [-0.15, -0.1) is 11.3 Å². The van der Waals surface area contributed by atoms with Crippen LogP contribution >= 0.6 is 27.3 Å². The van der Waals surface area contributed by atoms with Crippen LogP contribution in [0, 0.1) is 0 Å². The molecule has 9 heteroatoms. The molecule has 7 nitrogen and oxygen atoms in total. The van der Waals surface area contributed by atoms with Gasteiger partial charge in [0.15, 0.2) is 6.79 Å². The van der Waals surface area contributed by atoms with Gasteiger partial charge in [-0.3, -0.25) is 10.2 Å². The first kappa shape index (κ1) is 19.4. The summed E-state index contributed by atoms with van der Waals surface area (Å²) in [4.78, 5) is 15.7. The lowest BCUT2D eigenvalue weighted by Gasteiger charge is -2.07. The lowest BCUT2D eigenvalue weighted by Crippen LogP contribution is -2.07. The number of hydrazone groups is 1. The van der Waals surface area contributed by atoms with Crippen LogP contribution in [0.3, 0.4) is 0 Å². The van der Waals surface area contributed by atoms with Gasteiger partial charge in [0, 0.05) is 12.5 Å². The maximum absolute atomic E-state index is 11.4. The van der Waals surface area contributed by atoms with Crippen molar-refractivity contribution in [2.75, 3.05) is 25.9 Å². The smallest absolute Gasteiger partial charge is 0.311 e. The molecule has 2 aromatic rings. The van der Waals surface area contributed by atoms with Gasteiger partial charge in [-0.05, 0) is 46.6 Å². The first-order valence-corrected chi connectivity index (χ1v) is 9.10. The molecule has 25 heavy (non-hydrogen) atoms. The van der Waals surface area contributed by atoms with Crippen LogP contribution in [-0.2, 0) is 20.7 Å². The van der Waals surface area contributed by atoms with Crippen molar-refractivity contribution in [3.8, 4) is 5.75 Å². The van der Waals surface area contributed by atoms with Gasteiger partial charge in [0.25, 0.3) is 0 Å². The summed E-state index contributed by atoms with van der Waals surface area (Å²) in [6.07, 6.45) is 1.82. The van der Waals surface area contributed by atoms with Gasteiger partial charge in [0.05, 0.1) is 29.4 Å². The number of carbonyl (C=O) groups excluding carboxylic acids is 1. The van der Waals surface area contributed by atoms with E-state index in [9.17, 15) is 4.79 Å². The van der Waals surface area contributed by atoms with Gasteiger partial charge >= 0.3 is 5.97 Å². The maximum Gasteiger partial charge on any atom is 0.311 e. The number of ether oxygens (including phenoxy) is 3. The Morgan fingerprint density at radius 1 is 1.48 bits per heavy atom. The van der Waals surface area contributed by atoms with Crippen molar-refractivity contribution >= 4 is 44.6 Å². The van der Waals surface area contributed by atoms with Crippen LogP contribution in [0.5, 0.6) is 5.75 Å². The largest absolute Gasteiger partial charge is 0.466 e. The quantitative estimate of drug-likeness (QED) is 0.285. The number of anilines is 1. The molecule has 1 aromatic carbocycles. The average molecular weight is 428 g/mol. The number of nitrogens with one attached hydrogen (secondary N) is 1. The molecule has 0 aliphatic heterocycles. The van der Waals surface area contributed by atoms with Crippen molar-refractivity contribution in [1.29, 1.82) is 0 Å². The fourth-order valence-corrected chi connectivity index (χ4v) is 2.97. The number of methoxy groups -OCH3 is 1. The number of thiazole rings is 1. The molecule has 0 amide bonds. The normalized spacial score (nSPS) is 10.8. The predicted molar refractivity (Wildman–Crippen MR) is 100 cm³/mol. The fourth-order valence-electron chi connectivity index (χ4n) is 1.80. The average Bonchev–Trinajstić information content (AvgIpc) is 3.01. The Morgan fingerprint density at radius 2 is 2.32 bits per heavy atom. The van der Waals surface area contributed by atoms with Gasteiger partial charge in [0.2, 0.25) is 5.13 Å². The van der Waals surface area contributed by atoms with E-state index in [4.69, 9.17) is 14.2 Å². The van der Waals surface area contributed by atoms with Gasteiger partial charge in [-0.2, -0.15) is 5.10 Å². The summed E-state index contributed by atoms with van der Waals surface area (Å²) < 4.78 is 16.0. The molecule has 134 valence electrons. The minimum atomic E-state index is -0.288. The molecule has 1 heterocycles. The molecule has 0 bridgehead atoms.